The van der Waals surface area contributed by atoms with E-state index in [4.69, 9.17) is 16.7 Å². The Kier molecular flexibility index (Phi) is 8.34. The summed E-state index contributed by atoms with van der Waals surface area (Å²) in [5.74, 6) is -5.45. The van der Waals surface area contributed by atoms with Crippen LogP contribution < -0.4 is 15.3 Å². The summed E-state index contributed by atoms with van der Waals surface area (Å²) in [5, 5.41) is 37.4. The minimum Gasteiger partial charge on any atom is -0.508 e. The molecule has 0 bridgehead atoms. The number of aromatic nitrogens is 2. The van der Waals surface area contributed by atoms with Gasteiger partial charge in [0.2, 0.25) is 23.6 Å². The van der Waals surface area contributed by atoms with Gasteiger partial charge in [-0.3, -0.25) is 28.8 Å². The Morgan fingerprint density at radius 1 is 0.964 bits per heavy atom. The fraction of sp³-hybridized carbons (Fsp3) is 0.275. The van der Waals surface area contributed by atoms with Crippen LogP contribution in [0.15, 0.2) is 82.9 Å². The van der Waals surface area contributed by atoms with Gasteiger partial charge in [-0.1, -0.05) is 51.3 Å². The van der Waals surface area contributed by atoms with Gasteiger partial charge in [-0.25, -0.2) is 4.90 Å². The maximum absolute atomic E-state index is 15.1. The Morgan fingerprint density at radius 2 is 1.75 bits per heavy atom. The maximum Gasteiger partial charge on any atom is 0.488 e. The molecule has 4 heterocycles. The maximum atomic E-state index is 15.1. The zero-order chi connectivity index (χ0) is 38.8. The summed E-state index contributed by atoms with van der Waals surface area (Å²) in [6.45, 7) is 3.75. The van der Waals surface area contributed by atoms with E-state index in [1.165, 1.54) is 27.8 Å². The highest BCUT2D eigenvalue weighted by Crippen LogP contribution is 2.64. The lowest BCUT2D eigenvalue weighted by Crippen LogP contribution is -2.49. The first-order valence-electron chi connectivity index (χ1n) is 17.8. The number of rotatable bonds is 5. The van der Waals surface area contributed by atoms with Crippen LogP contribution >= 0.6 is 38.9 Å². The molecule has 2 aliphatic heterocycles. The monoisotopic (exact) mass is 838 g/mol. The predicted molar refractivity (Wildman–Crippen MR) is 213 cm³/mol. The third kappa shape index (κ3) is 5.18. The van der Waals surface area contributed by atoms with Gasteiger partial charge in [-0.15, -0.1) is 11.3 Å². The van der Waals surface area contributed by atoms with Crippen LogP contribution in [0.5, 0.6) is 5.75 Å². The average Bonchev–Trinajstić information content (AvgIpc) is 3.82. The molecule has 2 saturated heterocycles. The number of halogens is 2. The Bertz CT molecular complexity index is 2570. The van der Waals surface area contributed by atoms with Gasteiger partial charge < -0.3 is 15.2 Å². The molecule has 3 N–H and O–H groups in total. The fourth-order valence-electron chi connectivity index (χ4n) is 9.63. The van der Waals surface area contributed by atoms with E-state index in [9.17, 15) is 29.5 Å². The van der Waals surface area contributed by atoms with E-state index in [1.54, 1.807) is 55.6 Å². The molecule has 3 fully saturated rings. The highest BCUT2D eigenvalue weighted by atomic mass is 79.9. The molecule has 9 rings (SSSR count). The number of nitrogens with zero attached hydrogens (tertiary/aromatic N) is 4. The van der Waals surface area contributed by atoms with E-state index in [0.717, 1.165) is 31.0 Å². The van der Waals surface area contributed by atoms with Gasteiger partial charge in [0.05, 0.1) is 33.7 Å². The number of aryl methyl sites for hydroxylation is 2. The van der Waals surface area contributed by atoms with Gasteiger partial charge in [-0.2, -0.15) is 5.10 Å². The molecule has 2 aromatic heterocycles. The van der Waals surface area contributed by atoms with Crippen molar-refractivity contribution < 1.29 is 34.3 Å². The van der Waals surface area contributed by atoms with Crippen LogP contribution in [0.3, 0.4) is 0 Å². The van der Waals surface area contributed by atoms with Gasteiger partial charge in [0, 0.05) is 38.8 Å². The van der Waals surface area contributed by atoms with E-state index in [1.807, 2.05) is 31.2 Å². The minimum atomic E-state index is -1.80. The summed E-state index contributed by atoms with van der Waals surface area (Å²) in [7, 11) is -0.106. The lowest BCUT2D eigenvalue weighted by Gasteiger charge is -2.49. The molecule has 4 amide bonds. The topological polar surface area (TPSA) is 153 Å². The van der Waals surface area contributed by atoms with Crippen LogP contribution in [0.25, 0.3) is 20.7 Å². The lowest BCUT2D eigenvalue weighted by molar-refractivity contribution is -0.131. The Morgan fingerprint density at radius 3 is 2.51 bits per heavy atom. The summed E-state index contributed by atoms with van der Waals surface area (Å²) in [4.78, 5) is 61.6. The molecule has 6 atom stereocenters. The first-order valence-corrected chi connectivity index (χ1v) is 19.8. The first kappa shape index (κ1) is 36.1. The highest BCUT2D eigenvalue weighted by Gasteiger charge is 2.68. The van der Waals surface area contributed by atoms with Crippen molar-refractivity contribution in [2.24, 2.45) is 36.1 Å². The summed E-state index contributed by atoms with van der Waals surface area (Å²) in [6, 6.07) is 18.4. The van der Waals surface area contributed by atoms with E-state index in [-0.39, 0.29) is 29.7 Å². The van der Waals surface area contributed by atoms with Crippen LogP contribution in [-0.4, -0.2) is 55.7 Å². The van der Waals surface area contributed by atoms with Crippen molar-refractivity contribution in [3.8, 4) is 16.3 Å². The number of amides is 4. The molecule has 55 heavy (non-hydrogen) atoms. The number of phenolic OH excluding ortho intramolecular Hbond substituents is 1. The quantitative estimate of drug-likeness (QED) is 0.113. The van der Waals surface area contributed by atoms with Gasteiger partial charge in [-0.05, 0) is 97.6 Å². The van der Waals surface area contributed by atoms with Crippen LogP contribution in [0.4, 0.5) is 11.5 Å². The fourth-order valence-corrected chi connectivity index (χ4v) is 11.3. The second-order valence-corrected chi connectivity index (χ2v) is 17.5. The highest BCUT2D eigenvalue weighted by molar-refractivity contribution is 9.10. The molecule has 0 spiro atoms. The number of fused-ring (bicyclic) bond motifs is 5. The summed E-state index contributed by atoms with van der Waals surface area (Å²) in [6.07, 6.45) is 2.25. The number of benzene rings is 3. The molecule has 6 unspecified atom stereocenters. The van der Waals surface area contributed by atoms with Gasteiger partial charge in [0.25, 0.3) is 0 Å². The van der Waals surface area contributed by atoms with Crippen LogP contribution in [0.2, 0.25) is 5.02 Å². The lowest BCUT2D eigenvalue weighted by atomic mass is 9.51. The SMILES string of the molecule is Cc1c(-c2cc(N3C(=O)C4CC5C(=CCC6C(=O)N(c7cccc(B(O)O)c7)C(=O)C65)C(c5cc(Br)ccc5O)C4(C)C3=O)n(C)n2)sc2ccc(Cl)cc12. The van der Waals surface area contributed by atoms with Gasteiger partial charge in [0.1, 0.15) is 17.3 Å². The summed E-state index contributed by atoms with van der Waals surface area (Å²) in [5.41, 5.74) is 1.71. The number of imide groups is 2. The number of aromatic hydroxyl groups is 1. The third-order valence-corrected chi connectivity index (χ3v) is 14.2. The van der Waals surface area contributed by atoms with Crippen molar-refractivity contribution in [1.82, 2.24) is 9.78 Å². The molecule has 1 saturated carbocycles. The van der Waals surface area contributed by atoms with Crippen LogP contribution in [0.1, 0.15) is 36.8 Å². The van der Waals surface area contributed by atoms with E-state index < -0.39 is 65.8 Å². The number of carbonyl (C=O) groups is 4. The first-order chi connectivity index (χ1) is 26.2. The van der Waals surface area contributed by atoms with Crippen LogP contribution in [-0.2, 0) is 26.2 Å². The van der Waals surface area contributed by atoms with Gasteiger partial charge in [0.15, 0.2) is 0 Å². The standard InChI is InChI=1S/C40H33BBrClN4O7S/c1-18-25-15-21(43)8-12-31(25)55-35(18)29-17-32(45(3)44-29)47-37(50)28-16-26-23(34(40(28,2)39(47)52)27-14-20(42)7-11-30(27)48)9-10-24-33(26)38(51)46(36(24)49)22-6-4-5-19(13-22)41(53)54/h4-9,11-15,17,24,26,28,33-34,48,53-54H,10,16H2,1-3H3. The van der Waals surface area contributed by atoms with Crippen LogP contribution in [0, 0.1) is 36.0 Å². The summed E-state index contributed by atoms with van der Waals surface area (Å²) < 4.78 is 3.22. The molecular weight excluding hydrogens is 807 g/mol. The molecule has 3 aromatic carbocycles. The zero-order valence-electron chi connectivity index (χ0n) is 29.7. The molecule has 5 aromatic rings. The normalized spacial score (nSPS) is 26.1. The second-order valence-electron chi connectivity index (χ2n) is 15.1. The van der Waals surface area contributed by atoms with Gasteiger partial charge >= 0.3 is 7.12 Å². The van der Waals surface area contributed by atoms with Crippen molar-refractivity contribution in [3.63, 3.8) is 0 Å². The Hall–Kier alpha value is -4.60. The third-order valence-electron chi connectivity index (χ3n) is 12.2. The smallest absolute Gasteiger partial charge is 0.488 e. The van der Waals surface area contributed by atoms with Crippen molar-refractivity contribution in [1.29, 1.82) is 0 Å². The molecular formula is C40H33BBrClN4O7S. The molecule has 15 heteroatoms. The molecule has 2 aliphatic carbocycles. The number of thiophene rings is 1. The molecule has 0 radical (unpaired) electrons. The van der Waals surface area contributed by atoms with E-state index >= 15 is 4.79 Å². The number of anilines is 2. The van der Waals surface area contributed by atoms with Crippen molar-refractivity contribution in [2.75, 3.05) is 9.80 Å². The number of allylic oxidation sites excluding steroid dienone is 2. The molecule has 4 aliphatic rings. The largest absolute Gasteiger partial charge is 0.508 e. The second kappa shape index (κ2) is 12.7. The number of hydrogen-bond donors (Lipinski definition) is 3. The number of carbonyl (C=O) groups excluding carboxylic acids is 4. The molecule has 11 nitrogen and oxygen atoms in total. The minimum absolute atomic E-state index is 0.0615. The molecule has 278 valence electrons. The number of hydrogen-bond acceptors (Lipinski definition) is 9. The Labute approximate surface area is 333 Å². The van der Waals surface area contributed by atoms with E-state index in [2.05, 4.69) is 15.9 Å². The number of phenols is 1. The predicted octanol–water partition coefficient (Wildman–Crippen LogP) is 5.85. The summed E-state index contributed by atoms with van der Waals surface area (Å²) >= 11 is 11.4. The average molecular weight is 840 g/mol. The van der Waals surface area contributed by atoms with E-state index in [0.29, 0.717) is 26.6 Å². The Balaban J connectivity index is 1.15. The van der Waals surface area contributed by atoms with Crippen molar-refractivity contribution in [3.05, 3.63) is 99.0 Å². The zero-order valence-corrected chi connectivity index (χ0v) is 32.9. The van der Waals surface area contributed by atoms with Crippen molar-refractivity contribution in [2.45, 2.75) is 32.6 Å². The van der Waals surface area contributed by atoms with Crippen molar-refractivity contribution >= 4 is 96.7 Å².